The second kappa shape index (κ2) is 8.19. The van der Waals surface area contributed by atoms with Crippen LogP contribution in [0.2, 0.25) is 0 Å². The van der Waals surface area contributed by atoms with E-state index in [0.29, 0.717) is 34.0 Å². The third kappa shape index (κ3) is 3.84. The first-order chi connectivity index (χ1) is 15.7. The topological polar surface area (TPSA) is 120 Å². The molecule has 1 aliphatic heterocycles. The minimum atomic E-state index is -0.367. The summed E-state index contributed by atoms with van der Waals surface area (Å²) < 4.78 is 12.1. The molecule has 0 saturated heterocycles. The Kier molecular flexibility index (Phi) is 4.92. The van der Waals surface area contributed by atoms with E-state index in [-0.39, 0.29) is 18.6 Å². The first kappa shape index (κ1) is 19.2. The molecular weight excluding hydrogens is 412 g/mol. The minimum Gasteiger partial charge on any atom is -0.454 e. The van der Waals surface area contributed by atoms with Gasteiger partial charge in [0.25, 0.3) is 11.8 Å². The molecule has 0 radical (unpaired) electrons. The Hall–Kier alpha value is -4.73. The smallest absolute Gasteiger partial charge is 0.257 e. The molecule has 2 heterocycles. The lowest BCUT2D eigenvalue weighted by molar-refractivity contribution is 0.102. The van der Waals surface area contributed by atoms with E-state index < -0.39 is 0 Å². The number of aromatic nitrogens is 4. The van der Waals surface area contributed by atoms with Gasteiger partial charge in [-0.15, -0.1) is 5.10 Å². The van der Waals surface area contributed by atoms with Gasteiger partial charge in [-0.05, 0) is 59.0 Å². The summed E-state index contributed by atoms with van der Waals surface area (Å²) in [4.78, 5) is 25.6. The lowest BCUT2D eigenvalue weighted by atomic mass is 10.1. The highest BCUT2D eigenvalue weighted by molar-refractivity contribution is 6.12. The van der Waals surface area contributed by atoms with E-state index in [1.165, 1.54) is 11.0 Å². The van der Waals surface area contributed by atoms with Gasteiger partial charge in [0.2, 0.25) is 6.79 Å². The van der Waals surface area contributed by atoms with Gasteiger partial charge in [0.15, 0.2) is 11.5 Å². The van der Waals surface area contributed by atoms with Crippen LogP contribution in [0.3, 0.4) is 0 Å². The predicted molar refractivity (Wildman–Crippen MR) is 114 cm³/mol. The number of hydrogen-bond donors (Lipinski definition) is 2. The molecule has 32 heavy (non-hydrogen) atoms. The zero-order valence-electron chi connectivity index (χ0n) is 16.6. The SMILES string of the molecule is O=C(Nc1ccccc1C(=O)Nc1ccc2c(c1)OCO2)c1ccc(-n2cnnn2)cc1. The second-order valence-corrected chi connectivity index (χ2v) is 6.82. The minimum absolute atomic E-state index is 0.151. The summed E-state index contributed by atoms with van der Waals surface area (Å²) in [6.45, 7) is 0.151. The highest BCUT2D eigenvalue weighted by atomic mass is 16.7. The van der Waals surface area contributed by atoms with Crippen LogP contribution < -0.4 is 20.1 Å². The maximum Gasteiger partial charge on any atom is 0.257 e. The van der Waals surface area contributed by atoms with Crippen molar-refractivity contribution in [2.45, 2.75) is 0 Å². The Bertz CT molecular complexity index is 1290. The number of tetrazole rings is 1. The highest BCUT2D eigenvalue weighted by Crippen LogP contribution is 2.34. The monoisotopic (exact) mass is 428 g/mol. The third-order valence-corrected chi connectivity index (χ3v) is 4.79. The molecule has 4 aromatic rings. The van der Waals surface area contributed by atoms with Crippen LogP contribution in [0.4, 0.5) is 11.4 Å². The molecule has 2 amide bonds. The van der Waals surface area contributed by atoms with Crippen LogP contribution >= 0.6 is 0 Å². The van der Waals surface area contributed by atoms with Crippen molar-refractivity contribution in [1.29, 1.82) is 0 Å². The lowest BCUT2D eigenvalue weighted by Crippen LogP contribution is -2.18. The van der Waals surface area contributed by atoms with E-state index in [9.17, 15) is 9.59 Å². The number of carbonyl (C=O) groups excluding carboxylic acids is 2. The summed E-state index contributed by atoms with van der Waals surface area (Å²) in [6, 6.07) is 18.7. The van der Waals surface area contributed by atoms with Crippen molar-refractivity contribution in [2.24, 2.45) is 0 Å². The molecule has 0 unspecified atom stereocenters. The Morgan fingerprint density at radius 2 is 1.69 bits per heavy atom. The fourth-order valence-electron chi connectivity index (χ4n) is 3.20. The Morgan fingerprint density at radius 3 is 2.50 bits per heavy atom. The highest BCUT2D eigenvalue weighted by Gasteiger charge is 2.17. The average molecular weight is 428 g/mol. The van der Waals surface area contributed by atoms with Gasteiger partial charge in [-0.25, -0.2) is 4.68 Å². The molecule has 0 saturated carbocycles. The van der Waals surface area contributed by atoms with E-state index in [1.54, 1.807) is 66.7 Å². The van der Waals surface area contributed by atoms with E-state index in [2.05, 4.69) is 26.2 Å². The third-order valence-electron chi connectivity index (χ3n) is 4.79. The van der Waals surface area contributed by atoms with E-state index in [0.717, 1.165) is 5.69 Å². The number of ether oxygens (including phenoxy) is 2. The molecule has 1 aromatic heterocycles. The Balaban J connectivity index is 1.32. The van der Waals surface area contributed by atoms with Crippen molar-refractivity contribution < 1.29 is 19.1 Å². The van der Waals surface area contributed by atoms with E-state index in [1.807, 2.05) is 0 Å². The number of rotatable bonds is 5. The van der Waals surface area contributed by atoms with Gasteiger partial charge in [-0.2, -0.15) is 0 Å². The Morgan fingerprint density at radius 1 is 0.875 bits per heavy atom. The van der Waals surface area contributed by atoms with Gasteiger partial charge in [-0.3, -0.25) is 9.59 Å². The number of nitrogens with zero attached hydrogens (tertiary/aromatic N) is 4. The molecule has 0 bridgehead atoms. The van der Waals surface area contributed by atoms with Crippen LogP contribution in [0.5, 0.6) is 11.5 Å². The number of fused-ring (bicyclic) bond motifs is 1. The number of amides is 2. The Labute approximate surface area is 181 Å². The molecule has 2 N–H and O–H groups in total. The van der Waals surface area contributed by atoms with Gasteiger partial charge >= 0.3 is 0 Å². The van der Waals surface area contributed by atoms with Gasteiger partial charge < -0.3 is 20.1 Å². The number of para-hydroxylation sites is 1. The molecule has 5 rings (SSSR count). The van der Waals surface area contributed by atoms with Crippen LogP contribution in [-0.2, 0) is 0 Å². The summed E-state index contributed by atoms with van der Waals surface area (Å²) >= 11 is 0. The van der Waals surface area contributed by atoms with E-state index in [4.69, 9.17) is 9.47 Å². The van der Waals surface area contributed by atoms with E-state index >= 15 is 0 Å². The molecule has 0 aliphatic carbocycles. The summed E-state index contributed by atoms with van der Waals surface area (Å²) in [6.07, 6.45) is 1.46. The molecule has 0 atom stereocenters. The fraction of sp³-hybridized carbons (Fsp3) is 0.0455. The number of anilines is 2. The summed E-state index contributed by atoms with van der Waals surface area (Å²) in [5.74, 6) is 0.474. The van der Waals surface area contributed by atoms with Gasteiger partial charge in [0.1, 0.15) is 6.33 Å². The lowest BCUT2D eigenvalue weighted by Gasteiger charge is -2.12. The molecular formula is C22H16N6O4. The summed E-state index contributed by atoms with van der Waals surface area (Å²) in [7, 11) is 0. The fourth-order valence-corrected chi connectivity index (χ4v) is 3.20. The number of carbonyl (C=O) groups is 2. The van der Waals surface area contributed by atoms with Crippen molar-refractivity contribution in [1.82, 2.24) is 20.2 Å². The summed E-state index contributed by atoms with van der Waals surface area (Å²) in [5, 5.41) is 16.6. The molecule has 3 aromatic carbocycles. The molecule has 158 valence electrons. The largest absolute Gasteiger partial charge is 0.454 e. The summed E-state index contributed by atoms with van der Waals surface area (Å²) in [5.41, 5.74) is 2.41. The molecule has 10 nitrogen and oxygen atoms in total. The maximum absolute atomic E-state index is 12.9. The first-order valence-electron chi connectivity index (χ1n) is 9.62. The number of nitrogens with one attached hydrogen (secondary N) is 2. The normalized spacial score (nSPS) is 11.8. The average Bonchev–Trinajstić information content (AvgIpc) is 3.51. The molecule has 0 fully saturated rings. The zero-order valence-corrected chi connectivity index (χ0v) is 16.6. The van der Waals surface area contributed by atoms with Crippen LogP contribution in [0.1, 0.15) is 20.7 Å². The second-order valence-electron chi connectivity index (χ2n) is 6.82. The van der Waals surface area contributed by atoms with Crippen LogP contribution in [-0.4, -0.2) is 38.8 Å². The number of hydrogen-bond acceptors (Lipinski definition) is 7. The van der Waals surface area contributed by atoms with Gasteiger partial charge in [0.05, 0.1) is 16.9 Å². The van der Waals surface area contributed by atoms with Crippen molar-refractivity contribution in [3.63, 3.8) is 0 Å². The predicted octanol–water partition coefficient (Wildman–Crippen LogP) is 2.90. The van der Waals surface area contributed by atoms with Crippen LogP contribution in [0.15, 0.2) is 73.1 Å². The van der Waals surface area contributed by atoms with Gasteiger partial charge in [0, 0.05) is 17.3 Å². The zero-order chi connectivity index (χ0) is 21.9. The quantitative estimate of drug-likeness (QED) is 0.501. The van der Waals surface area contributed by atoms with Crippen molar-refractivity contribution in [3.8, 4) is 17.2 Å². The maximum atomic E-state index is 12.9. The van der Waals surface area contributed by atoms with Crippen LogP contribution in [0, 0.1) is 0 Å². The van der Waals surface area contributed by atoms with Crippen molar-refractivity contribution in [3.05, 3.63) is 84.2 Å². The van der Waals surface area contributed by atoms with Crippen molar-refractivity contribution >= 4 is 23.2 Å². The molecule has 1 aliphatic rings. The first-order valence-corrected chi connectivity index (χ1v) is 9.62. The van der Waals surface area contributed by atoms with Crippen LogP contribution in [0.25, 0.3) is 5.69 Å². The standard InChI is InChI=1S/C22H16N6O4/c29-21(14-5-8-16(9-6-14)28-12-23-26-27-28)25-18-4-2-1-3-17(18)22(30)24-15-7-10-19-20(11-15)32-13-31-19/h1-12H,13H2,(H,24,30)(H,25,29). The number of benzene rings is 3. The molecule has 0 spiro atoms. The van der Waals surface area contributed by atoms with Crippen molar-refractivity contribution in [2.75, 3.05) is 17.4 Å². The molecule has 10 heteroatoms. The van der Waals surface area contributed by atoms with Gasteiger partial charge in [-0.1, -0.05) is 12.1 Å².